The van der Waals surface area contributed by atoms with Crippen LogP contribution >= 0.6 is 0 Å². The van der Waals surface area contributed by atoms with Gasteiger partial charge in [0, 0.05) is 25.3 Å². The average Bonchev–Trinajstić information content (AvgIpc) is 2.49. The van der Waals surface area contributed by atoms with Gasteiger partial charge in [-0.25, -0.2) is 4.98 Å². The third-order valence-corrected chi connectivity index (χ3v) is 3.62. The van der Waals surface area contributed by atoms with E-state index in [0.29, 0.717) is 0 Å². The Hall–Kier alpha value is -1.36. The number of anilines is 1. The molecule has 1 aliphatic rings. The zero-order valence-electron chi connectivity index (χ0n) is 13.6. The summed E-state index contributed by atoms with van der Waals surface area (Å²) in [4.78, 5) is 9.26. The van der Waals surface area contributed by atoms with Crippen molar-refractivity contribution in [3.8, 4) is 5.88 Å². The molecule has 0 spiro atoms. The fraction of sp³-hybridized carbons (Fsp3) is 0.750. The van der Waals surface area contributed by atoms with Gasteiger partial charge in [-0.2, -0.15) is 4.98 Å². The zero-order valence-corrected chi connectivity index (χ0v) is 13.6. The lowest BCUT2D eigenvalue weighted by Gasteiger charge is -2.24. The van der Waals surface area contributed by atoms with Gasteiger partial charge < -0.3 is 14.8 Å². The second-order valence-corrected chi connectivity index (χ2v) is 5.87. The number of rotatable bonds is 6. The molecular weight excluding hydrogens is 266 g/mol. The molecule has 0 aromatic carbocycles. The Morgan fingerprint density at radius 3 is 2.62 bits per heavy atom. The van der Waals surface area contributed by atoms with Crippen molar-refractivity contribution in [2.24, 2.45) is 0 Å². The standard InChI is InChI=1S/C16H27N3O2/c1-5-8-17-15-12(4)16(19-14(18-15)11(2)3)21-13-6-9-20-10-7-13/h11,13H,5-10H2,1-4H3,(H,17,18,19). The lowest BCUT2D eigenvalue weighted by Crippen LogP contribution is -2.27. The molecule has 0 aliphatic carbocycles. The third kappa shape index (κ3) is 4.30. The van der Waals surface area contributed by atoms with Crippen LogP contribution in [0.5, 0.6) is 5.88 Å². The molecule has 1 N–H and O–H groups in total. The fourth-order valence-corrected chi connectivity index (χ4v) is 2.25. The SMILES string of the molecule is CCCNc1nc(C(C)C)nc(OC2CCOCC2)c1C. The minimum Gasteiger partial charge on any atom is -0.474 e. The molecule has 21 heavy (non-hydrogen) atoms. The summed E-state index contributed by atoms with van der Waals surface area (Å²) in [5.74, 6) is 2.74. The molecule has 1 aromatic heterocycles. The van der Waals surface area contributed by atoms with Crippen LogP contribution in [0, 0.1) is 6.92 Å². The van der Waals surface area contributed by atoms with Gasteiger partial charge in [0.25, 0.3) is 0 Å². The topological polar surface area (TPSA) is 56.3 Å². The van der Waals surface area contributed by atoms with Gasteiger partial charge in [-0.05, 0) is 13.3 Å². The van der Waals surface area contributed by atoms with Crippen LogP contribution in [0.2, 0.25) is 0 Å². The van der Waals surface area contributed by atoms with E-state index in [2.05, 4.69) is 36.1 Å². The molecule has 5 heteroatoms. The predicted molar refractivity (Wildman–Crippen MR) is 84.1 cm³/mol. The molecule has 2 heterocycles. The highest BCUT2D eigenvalue weighted by Crippen LogP contribution is 2.27. The van der Waals surface area contributed by atoms with E-state index >= 15 is 0 Å². The number of hydrogen-bond acceptors (Lipinski definition) is 5. The molecule has 1 saturated heterocycles. The maximum Gasteiger partial charge on any atom is 0.222 e. The van der Waals surface area contributed by atoms with Crippen molar-refractivity contribution in [3.05, 3.63) is 11.4 Å². The molecule has 0 saturated carbocycles. The van der Waals surface area contributed by atoms with E-state index in [9.17, 15) is 0 Å². The highest BCUT2D eigenvalue weighted by atomic mass is 16.5. The first-order valence-corrected chi connectivity index (χ1v) is 7.98. The van der Waals surface area contributed by atoms with Gasteiger partial charge in [-0.1, -0.05) is 20.8 Å². The molecular formula is C16H27N3O2. The van der Waals surface area contributed by atoms with Crippen LogP contribution in [0.15, 0.2) is 0 Å². The van der Waals surface area contributed by atoms with Gasteiger partial charge in [-0.3, -0.25) is 0 Å². The first-order valence-electron chi connectivity index (χ1n) is 7.98. The second-order valence-electron chi connectivity index (χ2n) is 5.87. The largest absolute Gasteiger partial charge is 0.474 e. The van der Waals surface area contributed by atoms with Gasteiger partial charge in [-0.15, -0.1) is 0 Å². The Morgan fingerprint density at radius 2 is 2.00 bits per heavy atom. The number of nitrogens with one attached hydrogen (secondary N) is 1. The van der Waals surface area contributed by atoms with E-state index in [1.165, 1.54) is 0 Å². The van der Waals surface area contributed by atoms with E-state index in [4.69, 9.17) is 9.47 Å². The summed E-state index contributed by atoms with van der Waals surface area (Å²) in [7, 11) is 0. The number of aromatic nitrogens is 2. The Kier molecular flexibility index (Phi) is 5.79. The van der Waals surface area contributed by atoms with Crippen LogP contribution < -0.4 is 10.1 Å². The molecule has 0 atom stereocenters. The smallest absolute Gasteiger partial charge is 0.222 e. The maximum absolute atomic E-state index is 6.13. The summed E-state index contributed by atoms with van der Waals surface area (Å²) in [6, 6.07) is 0. The molecule has 118 valence electrons. The van der Waals surface area contributed by atoms with Crippen molar-refractivity contribution in [2.45, 2.75) is 59.0 Å². The molecule has 0 radical (unpaired) electrons. The fourth-order valence-electron chi connectivity index (χ4n) is 2.25. The van der Waals surface area contributed by atoms with Gasteiger partial charge in [0.05, 0.1) is 18.8 Å². The molecule has 1 fully saturated rings. The Balaban J connectivity index is 2.22. The maximum atomic E-state index is 6.13. The Morgan fingerprint density at radius 1 is 1.29 bits per heavy atom. The predicted octanol–water partition coefficient (Wildman–Crippen LogP) is 3.29. The van der Waals surface area contributed by atoms with E-state index < -0.39 is 0 Å². The van der Waals surface area contributed by atoms with E-state index in [-0.39, 0.29) is 12.0 Å². The highest BCUT2D eigenvalue weighted by molar-refractivity contribution is 5.48. The quantitative estimate of drug-likeness (QED) is 0.872. The van der Waals surface area contributed by atoms with Crippen molar-refractivity contribution >= 4 is 5.82 Å². The van der Waals surface area contributed by atoms with Gasteiger partial charge in [0.2, 0.25) is 5.88 Å². The summed E-state index contributed by atoms with van der Waals surface area (Å²) in [6.45, 7) is 10.8. The van der Waals surface area contributed by atoms with Crippen molar-refractivity contribution in [2.75, 3.05) is 25.1 Å². The summed E-state index contributed by atoms with van der Waals surface area (Å²) < 4.78 is 11.5. The van der Waals surface area contributed by atoms with Crippen LogP contribution in [-0.2, 0) is 4.74 Å². The van der Waals surface area contributed by atoms with Crippen LogP contribution in [0.1, 0.15) is 57.3 Å². The normalized spacial score (nSPS) is 16.2. The highest BCUT2D eigenvalue weighted by Gasteiger charge is 2.20. The molecule has 1 aromatic rings. The van der Waals surface area contributed by atoms with Crippen LogP contribution in [0.25, 0.3) is 0 Å². The molecule has 0 amide bonds. The Labute approximate surface area is 127 Å². The molecule has 1 aliphatic heterocycles. The van der Waals surface area contributed by atoms with Crippen LogP contribution in [0.3, 0.4) is 0 Å². The van der Waals surface area contributed by atoms with Crippen molar-refractivity contribution in [3.63, 3.8) is 0 Å². The number of ether oxygens (including phenoxy) is 2. The van der Waals surface area contributed by atoms with E-state index in [1.54, 1.807) is 0 Å². The summed E-state index contributed by atoms with van der Waals surface area (Å²) >= 11 is 0. The number of hydrogen-bond donors (Lipinski definition) is 1. The zero-order chi connectivity index (χ0) is 15.2. The Bertz CT molecular complexity index is 457. The van der Waals surface area contributed by atoms with Crippen LogP contribution in [-0.4, -0.2) is 35.8 Å². The van der Waals surface area contributed by atoms with Gasteiger partial charge >= 0.3 is 0 Å². The minimum atomic E-state index is 0.200. The van der Waals surface area contributed by atoms with Gasteiger partial charge in [0.15, 0.2) is 0 Å². The second kappa shape index (κ2) is 7.59. The lowest BCUT2D eigenvalue weighted by molar-refractivity contribution is 0.0233. The molecule has 0 bridgehead atoms. The van der Waals surface area contributed by atoms with Crippen molar-refractivity contribution in [1.82, 2.24) is 9.97 Å². The monoisotopic (exact) mass is 293 g/mol. The first kappa shape index (κ1) is 16.0. The van der Waals surface area contributed by atoms with E-state index in [0.717, 1.165) is 62.1 Å². The van der Waals surface area contributed by atoms with E-state index in [1.807, 2.05) is 6.92 Å². The van der Waals surface area contributed by atoms with Gasteiger partial charge in [0.1, 0.15) is 17.7 Å². The average molecular weight is 293 g/mol. The summed E-state index contributed by atoms with van der Waals surface area (Å²) in [5.41, 5.74) is 0.999. The summed E-state index contributed by atoms with van der Waals surface area (Å²) in [5, 5.41) is 3.38. The molecule has 0 unspecified atom stereocenters. The first-order chi connectivity index (χ1) is 10.1. The van der Waals surface area contributed by atoms with Crippen molar-refractivity contribution in [1.29, 1.82) is 0 Å². The van der Waals surface area contributed by atoms with Crippen LogP contribution in [0.4, 0.5) is 5.82 Å². The molecule has 2 rings (SSSR count). The molecule has 5 nitrogen and oxygen atoms in total. The number of nitrogens with zero attached hydrogens (tertiary/aromatic N) is 2. The summed E-state index contributed by atoms with van der Waals surface area (Å²) in [6.07, 6.45) is 3.12. The van der Waals surface area contributed by atoms with Crippen molar-refractivity contribution < 1.29 is 9.47 Å². The minimum absolute atomic E-state index is 0.200. The third-order valence-electron chi connectivity index (χ3n) is 3.62. The lowest BCUT2D eigenvalue weighted by atomic mass is 10.1.